The van der Waals surface area contributed by atoms with E-state index in [9.17, 15) is 18.0 Å². The summed E-state index contributed by atoms with van der Waals surface area (Å²) in [6.45, 7) is 5.89. The first-order valence-electron chi connectivity index (χ1n) is 10.5. The minimum Gasteiger partial charge on any atom is -0.324 e. The standard InChI is InChI=1S/C20H29Cl2N5O4S/c1-13-5-6-15(11-17(13)32(30,31)26-8-4-7-25(3)9-10-26)24-19(28)14(2)27-20(29)18(22)16(21)12-23-27/h5-6,11,14,16,18,23H,4,7-10,12H2,1-3H3,(H,24,28)/t14-,16?,18?/m1/s1. The number of likely N-dealkylation sites (N-methyl/N-ethyl adjacent to an activating group) is 1. The molecule has 0 radical (unpaired) electrons. The highest BCUT2D eigenvalue weighted by molar-refractivity contribution is 7.89. The molecule has 2 heterocycles. The number of benzene rings is 1. The van der Waals surface area contributed by atoms with Crippen molar-refractivity contribution < 1.29 is 18.0 Å². The van der Waals surface area contributed by atoms with Gasteiger partial charge >= 0.3 is 0 Å². The molecule has 178 valence electrons. The van der Waals surface area contributed by atoms with Gasteiger partial charge in [-0.25, -0.2) is 13.8 Å². The predicted octanol–water partition coefficient (Wildman–Crippen LogP) is 1.21. The van der Waals surface area contributed by atoms with E-state index in [4.69, 9.17) is 23.2 Å². The van der Waals surface area contributed by atoms with E-state index < -0.39 is 38.6 Å². The van der Waals surface area contributed by atoms with Gasteiger partial charge in [0, 0.05) is 31.9 Å². The van der Waals surface area contributed by atoms with Crippen molar-refractivity contribution in [1.82, 2.24) is 19.6 Å². The van der Waals surface area contributed by atoms with Crippen LogP contribution in [0.15, 0.2) is 23.1 Å². The molecule has 0 aliphatic carbocycles. The van der Waals surface area contributed by atoms with Gasteiger partial charge < -0.3 is 10.2 Å². The average molecular weight is 506 g/mol. The number of carbonyl (C=O) groups excluding carboxylic acids is 2. The molecule has 3 atom stereocenters. The van der Waals surface area contributed by atoms with Crippen LogP contribution < -0.4 is 10.7 Å². The van der Waals surface area contributed by atoms with E-state index in [1.165, 1.54) is 10.4 Å². The van der Waals surface area contributed by atoms with Gasteiger partial charge in [0.15, 0.2) is 0 Å². The molecule has 3 rings (SSSR count). The van der Waals surface area contributed by atoms with Crippen LogP contribution in [0.2, 0.25) is 0 Å². The van der Waals surface area contributed by atoms with Crippen molar-refractivity contribution in [3.8, 4) is 0 Å². The Bertz CT molecular complexity index is 977. The van der Waals surface area contributed by atoms with Crippen molar-refractivity contribution in [2.45, 2.75) is 42.0 Å². The maximum Gasteiger partial charge on any atom is 0.257 e. The number of amides is 2. The Morgan fingerprint density at radius 1 is 1.22 bits per heavy atom. The molecule has 2 aliphatic rings. The van der Waals surface area contributed by atoms with Crippen LogP contribution in [0, 0.1) is 6.92 Å². The fourth-order valence-corrected chi connectivity index (χ4v) is 5.80. The number of hydrazine groups is 1. The molecule has 2 amide bonds. The third-order valence-corrected chi connectivity index (χ3v) is 8.83. The number of alkyl halides is 2. The molecule has 2 N–H and O–H groups in total. The molecular formula is C20H29Cl2N5O4S. The number of anilines is 1. The van der Waals surface area contributed by atoms with Crippen LogP contribution in [-0.2, 0) is 19.6 Å². The lowest BCUT2D eigenvalue weighted by Gasteiger charge is -2.36. The summed E-state index contributed by atoms with van der Waals surface area (Å²) in [5.41, 5.74) is 3.74. The Hall–Kier alpha value is -1.43. The topological polar surface area (TPSA) is 102 Å². The number of aryl methyl sites for hydroxylation is 1. The Balaban J connectivity index is 1.76. The summed E-state index contributed by atoms with van der Waals surface area (Å²) in [5, 5.41) is 2.36. The molecular weight excluding hydrogens is 477 g/mol. The summed E-state index contributed by atoms with van der Waals surface area (Å²) in [4.78, 5) is 27.4. The van der Waals surface area contributed by atoms with Crippen molar-refractivity contribution in [2.24, 2.45) is 0 Å². The highest BCUT2D eigenvalue weighted by atomic mass is 35.5. The second-order valence-electron chi connectivity index (χ2n) is 8.19. The van der Waals surface area contributed by atoms with Gasteiger partial charge in [0.25, 0.3) is 5.91 Å². The van der Waals surface area contributed by atoms with Gasteiger partial charge in [-0.3, -0.25) is 14.6 Å². The average Bonchev–Trinajstić information content (AvgIpc) is 2.98. The third-order valence-electron chi connectivity index (χ3n) is 5.77. The maximum absolute atomic E-state index is 13.3. The Kier molecular flexibility index (Phi) is 8.06. The minimum absolute atomic E-state index is 0.158. The minimum atomic E-state index is -3.71. The van der Waals surface area contributed by atoms with Crippen molar-refractivity contribution in [2.75, 3.05) is 45.1 Å². The zero-order valence-electron chi connectivity index (χ0n) is 18.3. The zero-order chi connectivity index (χ0) is 23.6. The highest BCUT2D eigenvalue weighted by Crippen LogP contribution is 2.25. The van der Waals surface area contributed by atoms with Crippen molar-refractivity contribution in [1.29, 1.82) is 0 Å². The lowest BCUT2D eigenvalue weighted by atomic mass is 10.2. The Morgan fingerprint density at radius 3 is 2.66 bits per heavy atom. The Labute approximate surface area is 199 Å². The fourth-order valence-electron chi connectivity index (χ4n) is 3.70. The fraction of sp³-hybridized carbons (Fsp3) is 0.600. The molecule has 9 nitrogen and oxygen atoms in total. The van der Waals surface area contributed by atoms with E-state index in [1.54, 1.807) is 26.0 Å². The van der Waals surface area contributed by atoms with Crippen LogP contribution in [0.1, 0.15) is 18.9 Å². The molecule has 2 aliphatic heterocycles. The first-order valence-corrected chi connectivity index (χ1v) is 12.8. The molecule has 12 heteroatoms. The highest BCUT2D eigenvalue weighted by Gasteiger charge is 2.38. The molecule has 2 unspecified atom stereocenters. The van der Waals surface area contributed by atoms with E-state index in [0.29, 0.717) is 30.9 Å². The molecule has 32 heavy (non-hydrogen) atoms. The normalized spacial score (nSPS) is 24.8. The van der Waals surface area contributed by atoms with Crippen LogP contribution in [-0.4, -0.2) is 91.0 Å². The van der Waals surface area contributed by atoms with E-state index in [0.717, 1.165) is 18.0 Å². The molecule has 0 bridgehead atoms. The number of nitrogens with zero attached hydrogens (tertiary/aromatic N) is 3. The van der Waals surface area contributed by atoms with Crippen LogP contribution in [0.4, 0.5) is 5.69 Å². The maximum atomic E-state index is 13.3. The van der Waals surface area contributed by atoms with Gasteiger partial charge in [-0.15, -0.1) is 23.2 Å². The van der Waals surface area contributed by atoms with Gasteiger partial charge in [-0.05, 0) is 51.6 Å². The number of nitrogens with one attached hydrogen (secondary N) is 2. The number of hydrogen-bond acceptors (Lipinski definition) is 6. The summed E-state index contributed by atoms with van der Waals surface area (Å²) < 4.78 is 28.1. The van der Waals surface area contributed by atoms with E-state index >= 15 is 0 Å². The smallest absolute Gasteiger partial charge is 0.257 e. The molecule has 2 saturated heterocycles. The van der Waals surface area contributed by atoms with Crippen LogP contribution in [0.25, 0.3) is 0 Å². The molecule has 2 fully saturated rings. The second kappa shape index (κ2) is 10.2. The van der Waals surface area contributed by atoms with Crippen molar-refractivity contribution in [3.63, 3.8) is 0 Å². The number of rotatable bonds is 5. The quantitative estimate of drug-likeness (QED) is 0.583. The molecule has 0 saturated carbocycles. The monoisotopic (exact) mass is 505 g/mol. The van der Waals surface area contributed by atoms with Crippen LogP contribution >= 0.6 is 23.2 Å². The molecule has 0 aromatic heterocycles. The molecule has 0 spiro atoms. The third kappa shape index (κ3) is 5.37. The number of hydrogen-bond donors (Lipinski definition) is 2. The first-order chi connectivity index (χ1) is 15.0. The zero-order valence-corrected chi connectivity index (χ0v) is 20.7. The van der Waals surface area contributed by atoms with Gasteiger partial charge in [-0.2, -0.15) is 4.31 Å². The second-order valence-corrected chi connectivity index (χ2v) is 11.1. The van der Waals surface area contributed by atoms with E-state index in [-0.39, 0.29) is 11.4 Å². The predicted molar refractivity (Wildman–Crippen MR) is 124 cm³/mol. The lowest BCUT2D eigenvalue weighted by Crippen LogP contribution is -2.62. The van der Waals surface area contributed by atoms with Gasteiger partial charge in [0.2, 0.25) is 15.9 Å². The SMILES string of the molecule is Cc1ccc(NC(=O)[C@@H](C)N2NCC(Cl)C(Cl)C2=O)cc1S(=O)(=O)N1CCCN(C)CC1. The lowest BCUT2D eigenvalue weighted by molar-refractivity contribution is -0.143. The molecule has 1 aromatic carbocycles. The van der Waals surface area contributed by atoms with Crippen molar-refractivity contribution in [3.05, 3.63) is 23.8 Å². The number of carbonyl (C=O) groups is 2. The first kappa shape index (κ1) is 25.2. The van der Waals surface area contributed by atoms with E-state index in [1.807, 2.05) is 7.05 Å². The van der Waals surface area contributed by atoms with E-state index in [2.05, 4.69) is 15.6 Å². The van der Waals surface area contributed by atoms with Crippen molar-refractivity contribution >= 4 is 50.7 Å². The molecule has 1 aromatic rings. The summed E-state index contributed by atoms with van der Waals surface area (Å²) >= 11 is 12.0. The number of sulfonamides is 1. The van der Waals surface area contributed by atoms with Crippen LogP contribution in [0.3, 0.4) is 0 Å². The number of halogens is 2. The Morgan fingerprint density at radius 2 is 1.94 bits per heavy atom. The van der Waals surface area contributed by atoms with Gasteiger partial charge in [0.1, 0.15) is 11.4 Å². The summed E-state index contributed by atoms with van der Waals surface area (Å²) in [6, 6.07) is 3.89. The summed E-state index contributed by atoms with van der Waals surface area (Å²) in [5.74, 6) is -0.967. The van der Waals surface area contributed by atoms with Gasteiger partial charge in [0.05, 0.1) is 10.3 Å². The van der Waals surface area contributed by atoms with Gasteiger partial charge in [-0.1, -0.05) is 6.07 Å². The summed E-state index contributed by atoms with van der Waals surface area (Å²) in [7, 11) is -1.74. The van der Waals surface area contributed by atoms with Crippen LogP contribution in [0.5, 0.6) is 0 Å². The summed E-state index contributed by atoms with van der Waals surface area (Å²) in [6.07, 6.45) is 0.754. The largest absolute Gasteiger partial charge is 0.324 e.